The van der Waals surface area contributed by atoms with Crippen LogP contribution in [0.1, 0.15) is 30.5 Å². The molecule has 0 bridgehead atoms. The maximum atomic E-state index is 13.3. The minimum atomic E-state index is -0.500. The van der Waals surface area contributed by atoms with E-state index in [0.29, 0.717) is 13.1 Å². The first kappa shape index (κ1) is 17.4. The summed E-state index contributed by atoms with van der Waals surface area (Å²) < 4.78 is 13.3. The van der Waals surface area contributed by atoms with Crippen LogP contribution in [0.3, 0.4) is 0 Å². The highest BCUT2D eigenvalue weighted by Gasteiger charge is 2.28. The predicted octanol–water partition coefficient (Wildman–Crippen LogP) is 3.33. The van der Waals surface area contributed by atoms with Gasteiger partial charge in [-0.2, -0.15) is 0 Å². The second-order valence-corrected chi connectivity index (χ2v) is 6.62. The number of likely N-dealkylation sites (tertiary alicyclic amines) is 1. The third kappa shape index (κ3) is 4.17. The van der Waals surface area contributed by atoms with Crippen molar-refractivity contribution in [1.82, 2.24) is 10.2 Å². The van der Waals surface area contributed by atoms with E-state index in [9.17, 15) is 14.3 Å². The molecule has 5 heteroatoms. The zero-order valence-electron chi connectivity index (χ0n) is 14.2. The Bertz CT molecular complexity index is 705. The van der Waals surface area contributed by atoms with Crippen molar-refractivity contribution >= 4 is 6.03 Å². The number of benzene rings is 2. The number of rotatable bonds is 3. The van der Waals surface area contributed by atoms with Crippen molar-refractivity contribution < 1.29 is 14.3 Å². The van der Waals surface area contributed by atoms with Crippen LogP contribution in [-0.2, 0) is 0 Å². The summed E-state index contributed by atoms with van der Waals surface area (Å²) >= 11 is 0. The quantitative estimate of drug-likeness (QED) is 0.899. The van der Waals surface area contributed by atoms with Gasteiger partial charge in [-0.3, -0.25) is 0 Å². The fourth-order valence-electron chi connectivity index (χ4n) is 3.11. The van der Waals surface area contributed by atoms with Crippen molar-refractivity contribution in [3.8, 4) is 0 Å². The van der Waals surface area contributed by atoms with E-state index in [1.54, 1.807) is 17.0 Å². The van der Waals surface area contributed by atoms with Crippen molar-refractivity contribution in [2.75, 3.05) is 13.1 Å². The highest BCUT2D eigenvalue weighted by molar-refractivity contribution is 5.75. The summed E-state index contributed by atoms with van der Waals surface area (Å²) in [6.45, 7) is 2.94. The molecule has 4 nitrogen and oxygen atoms in total. The first-order chi connectivity index (χ1) is 12.0. The van der Waals surface area contributed by atoms with Crippen LogP contribution in [0.15, 0.2) is 54.6 Å². The standard InChI is InChI=1S/C20H23FN2O2/c1-14-11-12-23(13-18(14)24)20(25)22-19(15-5-3-2-4-6-15)16-7-9-17(21)10-8-16/h2-10,14,18-19,24H,11-13H2,1H3,(H,22,25). The Morgan fingerprint density at radius 3 is 2.44 bits per heavy atom. The van der Waals surface area contributed by atoms with Crippen LogP contribution in [0.5, 0.6) is 0 Å². The van der Waals surface area contributed by atoms with E-state index in [1.165, 1.54) is 12.1 Å². The predicted molar refractivity (Wildman–Crippen MR) is 94.6 cm³/mol. The van der Waals surface area contributed by atoms with Crippen molar-refractivity contribution in [2.24, 2.45) is 5.92 Å². The van der Waals surface area contributed by atoms with Crippen LogP contribution in [0.4, 0.5) is 9.18 Å². The van der Waals surface area contributed by atoms with E-state index in [4.69, 9.17) is 0 Å². The van der Waals surface area contributed by atoms with E-state index >= 15 is 0 Å². The topological polar surface area (TPSA) is 52.6 Å². The first-order valence-corrected chi connectivity index (χ1v) is 8.58. The number of hydrogen-bond acceptors (Lipinski definition) is 2. The molecule has 2 N–H and O–H groups in total. The normalized spacial score (nSPS) is 21.6. The number of urea groups is 1. The molecule has 2 aromatic rings. The molecule has 1 aliphatic rings. The minimum absolute atomic E-state index is 0.200. The molecule has 1 saturated heterocycles. The maximum absolute atomic E-state index is 13.3. The number of β-amino-alcohol motifs (C(OH)–C–C–N with tert-alkyl or cyclic N) is 1. The van der Waals surface area contributed by atoms with Gasteiger partial charge in [-0.15, -0.1) is 0 Å². The van der Waals surface area contributed by atoms with Gasteiger partial charge < -0.3 is 15.3 Å². The Morgan fingerprint density at radius 2 is 1.80 bits per heavy atom. The van der Waals surface area contributed by atoms with E-state index < -0.39 is 6.10 Å². The lowest BCUT2D eigenvalue weighted by atomic mass is 9.96. The SMILES string of the molecule is CC1CCN(C(=O)NC(c2ccccc2)c2ccc(F)cc2)CC1O. The number of halogens is 1. The molecule has 1 aliphatic heterocycles. The molecule has 3 atom stereocenters. The van der Waals surface area contributed by atoms with Gasteiger partial charge in [0.25, 0.3) is 0 Å². The summed E-state index contributed by atoms with van der Waals surface area (Å²) in [5.74, 6) is -0.110. The smallest absolute Gasteiger partial charge is 0.318 e. The first-order valence-electron chi connectivity index (χ1n) is 8.58. The number of hydrogen-bond donors (Lipinski definition) is 2. The van der Waals surface area contributed by atoms with Gasteiger partial charge in [0.1, 0.15) is 5.82 Å². The van der Waals surface area contributed by atoms with Gasteiger partial charge in [0.15, 0.2) is 0 Å². The maximum Gasteiger partial charge on any atom is 0.318 e. The summed E-state index contributed by atoms with van der Waals surface area (Å²) in [6, 6.07) is 15.1. The van der Waals surface area contributed by atoms with Crippen LogP contribution >= 0.6 is 0 Å². The molecule has 0 spiro atoms. The molecule has 2 amide bonds. The molecule has 3 unspecified atom stereocenters. The molecule has 25 heavy (non-hydrogen) atoms. The fourth-order valence-corrected chi connectivity index (χ4v) is 3.11. The number of piperidine rings is 1. The van der Waals surface area contributed by atoms with Crippen molar-refractivity contribution in [3.63, 3.8) is 0 Å². The van der Waals surface area contributed by atoms with Crippen LogP contribution < -0.4 is 5.32 Å². The lowest BCUT2D eigenvalue weighted by Gasteiger charge is -2.35. The number of nitrogens with zero attached hydrogens (tertiary/aromatic N) is 1. The van der Waals surface area contributed by atoms with Crippen LogP contribution in [-0.4, -0.2) is 35.2 Å². The second kappa shape index (κ2) is 7.66. The van der Waals surface area contributed by atoms with Gasteiger partial charge >= 0.3 is 6.03 Å². The molecule has 0 aliphatic carbocycles. The van der Waals surface area contributed by atoms with Crippen LogP contribution in [0.2, 0.25) is 0 Å². The Kier molecular flexibility index (Phi) is 5.34. The lowest BCUT2D eigenvalue weighted by molar-refractivity contribution is 0.0432. The van der Waals surface area contributed by atoms with E-state index in [2.05, 4.69) is 5.32 Å². The molecular formula is C20H23FN2O2. The molecule has 2 aromatic carbocycles. The monoisotopic (exact) mass is 342 g/mol. The average Bonchev–Trinajstić information content (AvgIpc) is 2.63. The van der Waals surface area contributed by atoms with Gasteiger partial charge in [0.05, 0.1) is 12.1 Å². The number of aliphatic hydroxyl groups is 1. The van der Waals surface area contributed by atoms with E-state index in [-0.39, 0.29) is 23.8 Å². The Balaban J connectivity index is 1.80. The van der Waals surface area contributed by atoms with Gasteiger partial charge in [-0.05, 0) is 35.6 Å². The highest BCUT2D eigenvalue weighted by Crippen LogP contribution is 2.24. The molecule has 1 fully saturated rings. The Hall–Kier alpha value is -2.40. The third-order valence-electron chi connectivity index (χ3n) is 4.81. The molecule has 3 rings (SSSR count). The Morgan fingerprint density at radius 1 is 1.16 bits per heavy atom. The van der Waals surface area contributed by atoms with Crippen molar-refractivity contribution in [1.29, 1.82) is 0 Å². The number of nitrogens with one attached hydrogen (secondary N) is 1. The molecular weight excluding hydrogens is 319 g/mol. The number of carbonyl (C=O) groups excluding carboxylic acids is 1. The van der Waals surface area contributed by atoms with Crippen LogP contribution in [0, 0.1) is 11.7 Å². The highest BCUT2D eigenvalue weighted by atomic mass is 19.1. The van der Waals surface area contributed by atoms with Crippen molar-refractivity contribution in [2.45, 2.75) is 25.5 Å². The van der Waals surface area contributed by atoms with Gasteiger partial charge in [-0.1, -0.05) is 49.4 Å². The largest absolute Gasteiger partial charge is 0.391 e. The van der Waals surface area contributed by atoms with Gasteiger partial charge in [-0.25, -0.2) is 9.18 Å². The average molecular weight is 342 g/mol. The van der Waals surface area contributed by atoms with E-state index in [1.807, 2.05) is 37.3 Å². The molecule has 0 saturated carbocycles. The summed E-state index contributed by atoms with van der Waals surface area (Å²) in [5.41, 5.74) is 1.74. The minimum Gasteiger partial charge on any atom is -0.391 e. The lowest BCUT2D eigenvalue weighted by Crippen LogP contribution is -2.50. The van der Waals surface area contributed by atoms with Gasteiger partial charge in [0.2, 0.25) is 0 Å². The molecule has 0 radical (unpaired) electrons. The molecule has 132 valence electrons. The summed E-state index contributed by atoms with van der Waals surface area (Å²) in [6.07, 6.45) is 0.279. The van der Waals surface area contributed by atoms with Crippen molar-refractivity contribution in [3.05, 3.63) is 71.5 Å². The Labute approximate surface area is 147 Å². The second-order valence-electron chi connectivity index (χ2n) is 6.62. The van der Waals surface area contributed by atoms with Gasteiger partial charge in [0, 0.05) is 13.1 Å². The number of amides is 2. The third-order valence-corrected chi connectivity index (χ3v) is 4.81. The van der Waals surface area contributed by atoms with E-state index in [0.717, 1.165) is 17.5 Å². The molecule has 0 aromatic heterocycles. The summed E-state index contributed by atoms with van der Waals surface area (Å²) in [5, 5.41) is 13.1. The van der Waals surface area contributed by atoms with Crippen LogP contribution in [0.25, 0.3) is 0 Å². The zero-order chi connectivity index (χ0) is 17.8. The zero-order valence-corrected chi connectivity index (χ0v) is 14.2. The summed E-state index contributed by atoms with van der Waals surface area (Å²) in [4.78, 5) is 14.3. The number of carbonyl (C=O) groups is 1. The summed E-state index contributed by atoms with van der Waals surface area (Å²) in [7, 11) is 0. The number of aliphatic hydroxyl groups excluding tert-OH is 1. The fraction of sp³-hybridized carbons (Fsp3) is 0.350. The molecule has 1 heterocycles.